The number of allylic oxidation sites excluding steroid dienone is 1. The summed E-state index contributed by atoms with van der Waals surface area (Å²) in [6.45, 7) is 2.60. The van der Waals surface area contributed by atoms with Crippen molar-refractivity contribution in [1.82, 2.24) is 4.90 Å². The second-order valence-electron chi connectivity index (χ2n) is 8.80. The Balaban J connectivity index is 1.96. The third-order valence-electron chi connectivity index (χ3n) is 6.69. The van der Waals surface area contributed by atoms with Gasteiger partial charge in [-0.25, -0.2) is 9.59 Å². The SMILES string of the molecule is COC(=O)C1=C(C(=O)OC)N(c2ccccc2CN2CCCCC2)C(N)=C(C#N)C1c1ccccc1. The van der Waals surface area contributed by atoms with E-state index in [4.69, 9.17) is 15.2 Å². The molecule has 1 atom stereocenters. The quantitative estimate of drug-likeness (QED) is 0.618. The van der Waals surface area contributed by atoms with E-state index >= 15 is 0 Å². The van der Waals surface area contributed by atoms with Gasteiger partial charge in [-0.3, -0.25) is 9.80 Å². The van der Waals surface area contributed by atoms with Gasteiger partial charge in [-0.1, -0.05) is 55.0 Å². The second-order valence-corrected chi connectivity index (χ2v) is 8.80. The summed E-state index contributed by atoms with van der Waals surface area (Å²) >= 11 is 0. The van der Waals surface area contributed by atoms with Crippen LogP contribution in [0.15, 0.2) is 77.3 Å². The van der Waals surface area contributed by atoms with Crippen LogP contribution in [0.5, 0.6) is 0 Å². The molecular weight excluding hydrogens is 456 g/mol. The molecule has 0 aromatic heterocycles. The molecule has 1 fully saturated rings. The van der Waals surface area contributed by atoms with Gasteiger partial charge < -0.3 is 15.2 Å². The molecule has 0 saturated carbocycles. The Labute approximate surface area is 211 Å². The molecule has 1 saturated heterocycles. The maximum Gasteiger partial charge on any atom is 0.355 e. The highest BCUT2D eigenvalue weighted by atomic mass is 16.5. The lowest BCUT2D eigenvalue weighted by Crippen LogP contribution is -2.41. The Kier molecular flexibility index (Phi) is 7.71. The summed E-state index contributed by atoms with van der Waals surface area (Å²) < 4.78 is 10.3. The van der Waals surface area contributed by atoms with E-state index in [0.29, 0.717) is 17.8 Å². The third-order valence-corrected chi connectivity index (χ3v) is 6.69. The molecule has 2 aromatic rings. The number of anilines is 1. The maximum atomic E-state index is 13.3. The number of carbonyl (C=O) groups excluding carboxylic acids is 2. The fraction of sp³-hybridized carbons (Fsp3) is 0.321. The van der Waals surface area contributed by atoms with Gasteiger partial charge in [0.25, 0.3) is 0 Å². The van der Waals surface area contributed by atoms with Crippen LogP contribution in [0.3, 0.4) is 0 Å². The highest BCUT2D eigenvalue weighted by molar-refractivity contribution is 6.06. The van der Waals surface area contributed by atoms with Crippen LogP contribution in [0.1, 0.15) is 36.3 Å². The van der Waals surface area contributed by atoms with Crippen LogP contribution in [0.4, 0.5) is 5.69 Å². The number of nitrogens with two attached hydrogens (primary N) is 1. The molecule has 2 aliphatic rings. The highest BCUT2D eigenvalue weighted by Gasteiger charge is 2.43. The van der Waals surface area contributed by atoms with Gasteiger partial charge >= 0.3 is 11.9 Å². The van der Waals surface area contributed by atoms with Crippen LogP contribution in [-0.4, -0.2) is 44.1 Å². The number of nitrogens with zero attached hydrogens (tertiary/aromatic N) is 3. The minimum atomic E-state index is -0.886. The number of piperidine rings is 1. The van der Waals surface area contributed by atoms with Crippen LogP contribution in [0.25, 0.3) is 0 Å². The Hall–Kier alpha value is -4.09. The number of nitriles is 1. The summed E-state index contributed by atoms with van der Waals surface area (Å²) in [5.41, 5.74) is 8.94. The first-order valence-electron chi connectivity index (χ1n) is 12.0. The van der Waals surface area contributed by atoms with E-state index in [0.717, 1.165) is 31.5 Å². The van der Waals surface area contributed by atoms with E-state index in [-0.39, 0.29) is 22.7 Å². The number of hydrogen-bond donors (Lipinski definition) is 1. The summed E-state index contributed by atoms with van der Waals surface area (Å²) in [6.07, 6.45) is 3.47. The molecule has 2 heterocycles. The fourth-order valence-corrected chi connectivity index (χ4v) is 4.98. The number of para-hydroxylation sites is 1. The number of methoxy groups -OCH3 is 2. The van der Waals surface area contributed by atoms with E-state index in [1.807, 2.05) is 30.3 Å². The Bertz CT molecular complexity index is 1240. The van der Waals surface area contributed by atoms with E-state index in [9.17, 15) is 14.9 Å². The second kappa shape index (κ2) is 11.1. The van der Waals surface area contributed by atoms with Crippen LogP contribution < -0.4 is 10.6 Å². The summed E-state index contributed by atoms with van der Waals surface area (Å²) in [4.78, 5) is 30.4. The van der Waals surface area contributed by atoms with Crippen molar-refractivity contribution in [3.63, 3.8) is 0 Å². The van der Waals surface area contributed by atoms with Crippen LogP contribution in [0, 0.1) is 11.3 Å². The Morgan fingerprint density at radius 3 is 2.25 bits per heavy atom. The summed E-state index contributed by atoms with van der Waals surface area (Å²) in [5, 5.41) is 10.2. The van der Waals surface area contributed by atoms with Gasteiger partial charge in [0.15, 0.2) is 0 Å². The van der Waals surface area contributed by atoms with Crippen molar-refractivity contribution < 1.29 is 19.1 Å². The van der Waals surface area contributed by atoms with Gasteiger partial charge in [-0.2, -0.15) is 5.26 Å². The smallest absolute Gasteiger partial charge is 0.355 e. The van der Waals surface area contributed by atoms with Gasteiger partial charge in [0, 0.05) is 6.54 Å². The van der Waals surface area contributed by atoms with Crippen molar-refractivity contribution in [2.75, 3.05) is 32.2 Å². The molecule has 2 N–H and O–H groups in total. The van der Waals surface area contributed by atoms with Crippen molar-refractivity contribution in [3.8, 4) is 6.07 Å². The number of likely N-dealkylation sites (tertiary alicyclic amines) is 1. The number of esters is 2. The third kappa shape index (κ3) is 4.70. The molecule has 0 aliphatic carbocycles. The molecule has 2 aliphatic heterocycles. The molecule has 2 aromatic carbocycles. The number of ether oxygens (including phenoxy) is 2. The zero-order valence-electron chi connectivity index (χ0n) is 20.6. The van der Waals surface area contributed by atoms with E-state index in [1.54, 1.807) is 24.3 Å². The van der Waals surface area contributed by atoms with E-state index < -0.39 is 17.9 Å². The molecule has 0 amide bonds. The zero-order chi connectivity index (χ0) is 25.7. The van der Waals surface area contributed by atoms with Crippen LogP contribution in [0.2, 0.25) is 0 Å². The van der Waals surface area contributed by atoms with Crippen molar-refractivity contribution in [1.29, 1.82) is 5.26 Å². The molecule has 186 valence electrons. The van der Waals surface area contributed by atoms with Crippen LogP contribution in [-0.2, 0) is 25.6 Å². The first kappa shape index (κ1) is 25.0. The number of rotatable bonds is 6. The Morgan fingerprint density at radius 1 is 0.972 bits per heavy atom. The van der Waals surface area contributed by atoms with Gasteiger partial charge in [0.2, 0.25) is 0 Å². The number of hydrogen-bond acceptors (Lipinski definition) is 8. The number of benzene rings is 2. The van der Waals surface area contributed by atoms with E-state index in [2.05, 4.69) is 11.0 Å². The van der Waals surface area contributed by atoms with Crippen molar-refractivity contribution in [2.45, 2.75) is 31.7 Å². The molecule has 0 spiro atoms. The molecule has 4 rings (SSSR count). The first-order valence-corrected chi connectivity index (χ1v) is 12.0. The summed E-state index contributed by atoms with van der Waals surface area (Å²) in [5.74, 6) is -2.29. The lowest BCUT2D eigenvalue weighted by Gasteiger charge is -2.37. The molecular formula is C28H30N4O4. The standard InChI is InChI=1S/C28H30N4O4/c1-35-27(33)24-23(19-11-5-3-6-12-19)21(17-29)26(30)32(25(24)28(34)36-2)22-14-8-7-13-20(22)18-31-15-9-4-10-16-31/h3,5-8,11-14,23H,4,9-10,15-16,18,30H2,1-2H3. The minimum absolute atomic E-state index is 0.00840. The fourth-order valence-electron chi connectivity index (χ4n) is 4.98. The van der Waals surface area contributed by atoms with Gasteiger partial charge in [-0.15, -0.1) is 0 Å². The molecule has 1 unspecified atom stereocenters. The van der Waals surface area contributed by atoms with Gasteiger partial charge in [0.05, 0.1) is 43.0 Å². The normalized spacial score (nSPS) is 18.6. The van der Waals surface area contributed by atoms with Crippen LogP contribution >= 0.6 is 0 Å². The van der Waals surface area contributed by atoms with Gasteiger partial charge in [-0.05, 0) is 43.1 Å². The lowest BCUT2D eigenvalue weighted by molar-refractivity contribution is -0.139. The zero-order valence-corrected chi connectivity index (χ0v) is 20.6. The monoisotopic (exact) mass is 486 g/mol. The van der Waals surface area contributed by atoms with Crippen molar-refractivity contribution >= 4 is 17.6 Å². The Morgan fingerprint density at radius 2 is 1.61 bits per heavy atom. The number of carbonyl (C=O) groups is 2. The van der Waals surface area contributed by atoms with Crippen molar-refractivity contribution in [3.05, 3.63) is 88.4 Å². The summed E-state index contributed by atoms with van der Waals surface area (Å²) in [7, 11) is 2.49. The minimum Gasteiger partial charge on any atom is -0.466 e. The molecule has 8 nitrogen and oxygen atoms in total. The topological polar surface area (TPSA) is 109 Å². The highest BCUT2D eigenvalue weighted by Crippen LogP contribution is 2.44. The lowest BCUT2D eigenvalue weighted by atomic mass is 9.80. The largest absolute Gasteiger partial charge is 0.466 e. The average Bonchev–Trinajstić information content (AvgIpc) is 2.93. The molecule has 0 bridgehead atoms. The molecule has 36 heavy (non-hydrogen) atoms. The van der Waals surface area contributed by atoms with Crippen molar-refractivity contribution in [2.24, 2.45) is 5.73 Å². The molecule has 0 radical (unpaired) electrons. The van der Waals surface area contributed by atoms with Gasteiger partial charge in [0.1, 0.15) is 11.5 Å². The summed E-state index contributed by atoms with van der Waals surface area (Å²) in [6, 6.07) is 18.8. The first-order chi connectivity index (χ1) is 17.5. The maximum absolute atomic E-state index is 13.3. The van der Waals surface area contributed by atoms with E-state index in [1.165, 1.54) is 25.5 Å². The molecule has 8 heteroatoms. The predicted molar refractivity (Wildman–Crippen MR) is 135 cm³/mol. The predicted octanol–water partition coefficient (Wildman–Crippen LogP) is 3.57. The average molecular weight is 487 g/mol.